The van der Waals surface area contributed by atoms with Crippen LogP contribution in [0.3, 0.4) is 0 Å². The summed E-state index contributed by atoms with van der Waals surface area (Å²) in [6.07, 6.45) is 1.38. The first-order valence-electron chi connectivity index (χ1n) is 10.6. The van der Waals surface area contributed by atoms with Gasteiger partial charge in [0.05, 0.1) is 5.75 Å². The van der Waals surface area contributed by atoms with Crippen LogP contribution >= 0.6 is 0 Å². The smallest absolute Gasteiger partial charge is 0.275 e. The molecule has 0 saturated carbocycles. The highest BCUT2D eigenvalue weighted by atomic mass is 32.2. The van der Waals surface area contributed by atoms with Gasteiger partial charge in [-0.25, -0.2) is 8.42 Å². The lowest BCUT2D eigenvalue weighted by molar-refractivity contribution is -0.136. The number of sulfonamides is 1. The van der Waals surface area contributed by atoms with Crippen LogP contribution in [0.15, 0.2) is 47.3 Å². The van der Waals surface area contributed by atoms with Crippen LogP contribution in [0.2, 0.25) is 0 Å². The zero-order chi connectivity index (χ0) is 22.0. The van der Waals surface area contributed by atoms with E-state index in [1.54, 1.807) is 23.6 Å². The Hall–Kier alpha value is -2.81. The van der Waals surface area contributed by atoms with E-state index in [0.29, 0.717) is 31.8 Å². The Labute approximate surface area is 181 Å². The number of benzene rings is 1. The van der Waals surface area contributed by atoms with E-state index in [4.69, 9.17) is 4.74 Å². The van der Waals surface area contributed by atoms with Crippen molar-refractivity contribution in [2.75, 3.05) is 30.2 Å². The van der Waals surface area contributed by atoms with E-state index >= 15 is 0 Å². The third-order valence-electron chi connectivity index (χ3n) is 5.80. The molecule has 9 heteroatoms. The molecule has 4 rings (SSSR count). The van der Waals surface area contributed by atoms with Gasteiger partial charge in [0.1, 0.15) is 11.4 Å². The summed E-state index contributed by atoms with van der Waals surface area (Å²) < 4.78 is 33.9. The fraction of sp³-hybridized carbons (Fsp3) is 0.455. The van der Waals surface area contributed by atoms with Gasteiger partial charge < -0.3 is 14.2 Å². The average molecular weight is 446 g/mol. The van der Waals surface area contributed by atoms with Crippen LogP contribution in [0.4, 0.5) is 5.69 Å². The van der Waals surface area contributed by atoms with E-state index in [0.717, 1.165) is 12.1 Å². The lowest BCUT2D eigenvalue weighted by Gasteiger charge is -2.42. The largest absolute Gasteiger partial charge is 0.484 e. The highest BCUT2D eigenvalue weighted by Gasteiger charge is 2.36. The van der Waals surface area contributed by atoms with E-state index in [2.05, 4.69) is 4.72 Å². The van der Waals surface area contributed by atoms with E-state index in [1.165, 1.54) is 0 Å². The summed E-state index contributed by atoms with van der Waals surface area (Å²) >= 11 is 0. The van der Waals surface area contributed by atoms with Crippen LogP contribution in [0.5, 0.6) is 5.75 Å². The lowest BCUT2D eigenvalue weighted by atomic mass is 9.83. The molecule has 0 radical (unpaired) electrons. The predicted molar refractivity (Wildman–Crippen MR) is 118 cm³/mol. The third-order valence-corrected chi connectivity index (χ3v) is 7.28. The molecule has 2 bridgehead atoms. The molecule has 1 saturated heterocycles. The number of ether oxygens (including phenoxy) is 1. The highest BCUT2D eigenvalue weighted by molar-refractivity contribution is 7.92. The second-order valence-electron chi connectivity index (χ2n) is 8.21. The van der Waals surface area contributed by atoms with Gasteiger partial charge in [0.2, 0.25) is 10.0 Å². The molecule has 1 aromatic heterocycles. The molecule has 8 nitrogen and oxygen atoms in total. The SMILES string of the molecule is CCCS(=O)(=O)Nc1ccc2n(c1=O)CC1CC2CN(C(=O)COc2ccccc2)C1. The minimum Gasteiger partial charge on any atom is -0.484 e. The molecule has 0 aliphatic carbocycles. The molecule has 2 unspecified atom stereocenters. The fourth-order valence-corrected chi connectivity index (χ4v) is 5.60. The molecule has 1 fully saturated rings. The number of carbonyl (C=O) groups excluding carboxylic acids is 1. The number of piperidine rings is 1. The predicted octanol–water partition coefficient (Wildman–Crippen LogP) is 2.02. The van der Waals surface area contributed by atoms with E-state index < -0.39 is 10.0 Å². The zero-order valence-corrected chi connectivity index (χ0v) is 18.3. The summed E-state index contributed by atoms with van der Waals surface area (Å²) in [4.78, 5) is 27.5. The van der Waals surface area contributed by atoms with Crippen molar-refractivity contribution < 1.29 is 17.9 Å². The summed E-state index contributed by atoms with van der Waals surface area (Å²) in [5.74, 6) is 0.747. The molecule has 1 amide bonds. The minimum absolute atomic E-state index is 0.0194. The van der Waals surface area contributed by atoms with E-state index in [1.807, 2.05) is 35.2 Å². The van der Waals surface area contributed by atoms with Crippen molar-refractivity contribution in [1.82, 2.24) is 9.47 Å². The Morgan fingerprint density at radius 2 is 1.90 bits per heavy atom. The zero-order valence-electron chi connectivity index (χ0n) is 17.5. The fourth-order valence-electron chi connectivity index (χ4n) is 4.47. The van der Waals surface area contributed by atoms with Gasteiger partial charge in [0.25, 0.3) is 11.5 Å². The molecular formula is C22H27N3O5S. The van der Waals surface area contributed by atoms with Crippen molar-refractivity contribution >= 4 is 21.6 Å². The first-order chi connectivity index (χ1) is 14.9. The number of rotatable bonds is 7. The van der Waals surface area contributed by atoms with Gasteiger partial charge in [-0.05, 0) is 43.0 Å². The Morgan fingerprint density at radius 3 is 2.65 bits per heavy atom. The molecule has 2 aliphatic heterocycles. The molecule has 2 atom stereocenters. The maximum Gasteiger partial charge on any atom is 0.275 e. The van der Waals surface area contributed by atoms with Crippen LogP contribution in [0.25, 0.3) is 0 Å². The number of aromatic nitrogens is 1. The Morgan fingerprint density at radius 1 is 1.13 bits per heavy atom. The summed E-state index contributed by atoms with van der Waals surface area (Å²) in [6.45, 7) is 3.31. The van der Waals surface area contributed by atoms with E-state index in [-0.39, 0.29) is 41.3 Å². The van der Waals surface area contributed by atoms with Crippen molar-refractivity contribution in [2.45, 2.75) is 32.2 Å². The standard InChI is InChI=1S/C22H27N3O5S/c1-2-10-31(28,29)23-19-8-9-20-17-11-16(13-25(20)22(19)27)12-24(14-17)21(26)15-30-18-6-4-3-5-7-18/h3-9,16-17,23H,2,10-15H2,1H3. The summed E-state index contributed by atoms with van der Waals surface area (Å²) in [7, 11) is -3.53. The number of pyridine rings is 1. The van der Waals surface area contributed by atoms with Gasteiger partial charge in [-0.1, -0.05) is 25.1 Å². The van der Waals surface area contributed by atoms with Gasteiger partial charge in [-0.3, -0.25) is 14.3 Å². The quantitative estimate of drug-likeness (QED) is 0.703. The molecule has 31 heavy (non-hydrogen) atoms. The normalized spacial score (nSPS) is 20.1. The van der Waals surface area contributed by atoms with Gasteiger partial charge in [0.15, 0.2) is 6.61 Å². The molecule has 3 heterocycles. The number of amides is 1. The number of nitrogens with zero attached hydrogens (tertiary/aromatic N) is 2. The monoisotopic (exact) mass is 445 g/mol. The lowest BCUT2D eigenvalue weighted by Crippen LogP contribution is -2.50. The van der Waals surface area contributed by atoms with Gasteiger partial charge >= 0.3 is 0 Å². The van der Waals surface area contributed by atoms with Crippen LogP contribution in [0.1, 0.15) is 31.4 Å². The van der Waals surface area contributed by atoms with Gasteiger partial charge in [0, 0.05) is 31.2 Å². The highest BCUT2D eigenvalue weighted by Crippen LogP contribution is 2.35. The molecule has 0 spiro atoms. The first kappa shape index (κ1) is 21.4. The van der Waals surface area contributed by atoms with Crippen LogP contribution in [0, 0.1) is 5.92 Å². The summed E-state index contributed by atoms with van der Waals surface area (Å²) in [5, 5.41) is 0. The first-order valence-corrected chi connectivity index (χ1v) is 12.2. The topological polar surface area (TPSA) is 97.7 Å². The van der Waals surface area contributed by atoms with Gasteiger partial charge in [-0.2, -0.15) is 0 Å². The molecule has 2 aliphatic rings. The minimum atomic E-state index is -3.53. The Kier molecular flexibility index (Phi) is 6.04. The number of para-hydroxylation sites is 1. The van der Waals surface area contributed by atoms with Crippen LogP contribution in [-0.4, -0.2) is 49.2 Å². The molecule has 1 N–H and O–H groups in total. The Bertz CT molecular complexity index is 1110. The molecule has 166 valence electrons. The number of nitrogens with one attached hydrogen (secondary N) is 1. The maximum absolute atomic E-state index is 12.9. The second-order valence-corrected chi connectivity index (χ2v) is 10.0. The summed E-state index contributed by atoms with van der Waals surface area (Å²) in [5.41, 5.74) is 0.613. The molecular weight excluding hydrogens is 418 g/mol. The average Bonchev–Trinajstić information content (AvgIpc) is 2.75. The van der Waals surface area contributed by atoms with Crippen molar-refractivity contribution in [2.24, 2.45) is 5.92 Å². The summed E-state index contributed by atoms with van der Waals surface area (Å²) in [6, 6.07) is 12.6. The second kappa shape index (κ2) is 8.74. The number of hydrogen-bond acceptors (Lipinski definition) is 5. The maximum atomic E-state index is 12.9. The molecule has 2 aromatic rings. The van der Waals surface area contributed by atoms with Crippen molar-refractivity contribution in [3.8, 4) is 5.75 Å². The van der Waals surface area contributed by atoms with Crippen LogP contribution in [-0.2, 0) is 21.4 Å². The van der Waals surface area contributed by atoms with Crippen LogP contribution < -0.4 is 15.0 Å². The van der Waals surface area contributed by atoms with Crippen molar-refractivity contribution in [3.63, 3.8) is 0 Å². The molecule has 1 aromatic carbocycles. The number of likely N-dealkylation sites (tertiary alicyclic amines) is 1. The number of fused-ring (bicyclic) bond motifs is 4. The number of hydrogen-bond donors (Lipinski definition) is 1. The number of anilines is 1. The van der Waals surface area contributed by atoms with E-state index in [9.17, 15) is 18.0 Å². The number of carbonyl (C=O) groups is 1. The van der Waals surface area contributed by atoms with Gasteiger partial charge in [-0.15, -0.1) is 0 Å². The third kappa shape index (κ3) is 4.76. The van der Waals surface area contributed by atoms with Crippen molar-refractivity contribution in [1.29, 1.82) is 0 Å². The Balaban J connectivity index is 1.48. The van der Waals surface area contributed by atoms with Crippen molar-refractivity contribution in [3.05, 3.63) is 58.5 Å².